The van der Waals surface area contributed by atoms with Crippen LogP contribution in [-0.4, -0.2) is 51.6 Å². The van der Waals surface area contributed by atoms with Crippen molar-refractivity contribution in [1.82, 2.24) is 0 Å². The van der Waals surface area contributed by atoms with Gasteiger partial charge in [0.2, 0.25) is 0 Å². The molecule has 4 atom stereocenters. The second-order valence-electron chi connectivity index (χ2n) is 2.23. The van der Waals surface area contributed by atoms with Gasteiger partial charge < -0.3 is 25.2 Å². The van der Waals surface area contributed by atoms with Gasteiger partial charge >= 0.3 is 0 Å². The summed E-state index contributed by atoms with van der Waals surface area (Å²) in [5.74, 6) is 0. The summed E-state index contributed by atoms with van der Waals surface area (Å²) in [5.41, 5.74) is 0. The van der Waals surface area contributed by atoms with Gasteiger partial charge in [-0.05, 0) is 0 Å². The third kappa shape index (κ3) is 1.14. The average Bonchev–Trinajstić information content (AvgIpc) is 2.17. The second-order valence-corrected chi connectivity index (χ2v) is 2.23. The van der Waals surface area contributed by atoms with Crippen molar-refractivity contribution in [3.63, 3.8) is 0 Å². The second kappa shape index (κ2) is 2.81. The minimum atomic E-state index is -1.38. The Morgan fingerprint density at radius 3 is 1.90 bits per heavy atom. The van der Waals surface area contributed by atoms with Gasteiger partial charge in [-0.15, -0.1) is 0 Å². The molecule has 1 saturated heterocycles. The highest BCUT2D eigenvalue weighted by Crippen LogP contribution is 2.18. The van der Waals surface area contributed by atoms with E-state index in [1.807, 2.05) is 0 Å². The van der Waals surface area contributed by atoms with Crippen molar-refractivity contribution in [2.75, 3.05) is 6.61 Å². The fraction of sp³-hybridized carbons (Fsp3) is 1.00. The molecule has 1 fully saturated rings. The minimum absolute atomic E-state index is 0.407. The van der Waals surface area contributed by atoms with E-state index >= 15 is 0 Å². The molecule has 2 unspecified atom stereocenters. The molecule has 0 bridgehead atoms. The predicted octanol–water partition coefficient (Wildman–Crippen LogP) is -2.58. The third-order valence-electron chi connectivity index (χ3n) is 1.52. The number of rotatable bonds is 1. The number of hydrogen-bond acceptors (Lipinski definition) is 5. The van der Waals surface area contributed by atoms with E-state index in [2.05, 4.69) is 4.74 Å². The zero-order chi connectivity index (χ0) is 7.72. The Bertz CT molecular complexity index is 117. The summed E-state index contributed by atoms with van der Waals surface area (Å²) < 4.78 is 4.54. The van der Waals surface area contributed by atoms with Gasteiger partial charge in [0.1, 0.15) is 18.3 Å². The molecule has 0 radical (unpaired) electrons. The molecule has 0 saturated carbocycles. The third-order valence-corrected chi connectivity index (χ3v) is 1.52. The molecule has 1 heterocycles. The summed E-state index contributed by atoms with van der Waals surface area (Å²) in [4.78, 5) is 0. The molecule has 60 valence electrons. The van der Waals surface area contributed by atoms with Crippen molar-refractivity contribution >= 4 is 0 Å². The van der Waals surface area contributed by atoms with Crippen LogP contribution < -0.4 is 0 Å². The van der Waals surface area contributed by atoms with Crippen LogP contribution in [0.4, 0.5) is 0 Å². The maximum Gasteiger partial charge on any atom is 0.184 e. The Morgan fingerprint density at radius 2 is 1.70 bits per heavy atom. The fourth-order valence-electron chi connectivity index (χ4n) is 0.880. The van der Waals surface area contributed by atoms with Crippen LogP contribution in [0.5, 0.6) is 0 Å². The van der Waals surface area contributed by atoms with Crippen molar-refractivity contribution in [2.45, 2.75) is 24.6 Å². The lowest BCUT2D eigenvalue weighted by Crippen LogP contribution is -2.33. The first-order valence-corrected chi connectivity index (χ1v) is 2.97. The van der Waals surface area contributed by atoms with Gasteiger partial charge in [-0.25, -0.2) is 0 Å². The van der Waals surface area contributed by atoms with Gasteiger partial charge in [-0.3, -0.25) is 0 Å². The van der Waals surface area contributed by atoms with Crippen molar-refractivity contribution < 1.29 is 25.2 Å². The Kier molecular flexibility index (Phi) is 2.22. The van der Waals surface area contributed by atoms with Gasteiger partial charge in [-0.1, -0.05) is 0 Å². The van der Waals surface area contributed by atoms with Crippen LogP contribution in [0, 0.1) is 0 Å². The summed E-state index contributed by atoms with van der Waals surface area (Å²) in [6, 6.07) is 0. The SMILES string of the molecule is OC[C@H]1OC(O)C(O)[C@H]1O. The number of aliphatic hydroxyl groups is 4. The van der Waals surface area contributed by atoms with E-state index in [1.54, 1.807) is 0 Å². The lowest BCUT2D eigenvalue weighted by molar-refractivity contribution is -0.132. The molecule has 5 heteroatoms. The smallest absolute Gasteiger partial charge is 0.184 e. The summed E-state index contributed by atoms with van der Waals surface area (Å²) in [6.45, 7) is -0.407. The molecular formula is C5H10O5. The van der Waals surface area contributed by atoms with E-state index < -0.39 is 31.2 Å². The quantitative estimate of drug-likeness (QED) is 0.329. The molecule has 0 aromatic carbocycles. The number of aliphatic hydroxyl groups excluding tert-OH is 4. The van der Waals surface area contributed by atoms with Crippen LogP contribution >= 0.6 is 0 Å². The Balaban J connectivity index is 2.53. The highest BCUT2D eigenvalue weighted by atomic mass is 16.6. The van der Waals surface area contributed by atoms with Gasteiger partial charge in [0.05, 0.1) is 6.61 Å². The number of ether oxygens (including phenoxy) is 1. The number of hydrogen-bond donors (Lipinski definition) is 4. The molecule has 5 nitrogen and oxygen atoms in total. The van der Waals surface area contributed by atoms with Gasteiger partial charge in [0, 0.05) is 0 Å². The molecule has 0 spiro atoms. The van der Waals surface area contributed by atoms with Gasteiger partial charge in [0.15, 0.2) is 6.29 Å². The van der Waals surface area contributed by atoms with Crippen LogP contribution in [-0.2, 0) is 4.74 Å². The van der Waals surface area contributed by atoms with E-state index in [1.165, 1.54) is 0 Å². The summed E-state index contributed by atoms with van der Waals surface area (Å²) in [5, 5.41) is 35.0. The van der Waals surface area contributed by atoms with E-state index in [-0.39, 0.29) is 0 Å². The molecule has 0 amide bonds. The summed E-state index contributed by atoms with van der Waals surface area (Å²) >= 11 is 0. The molecule has 4 N–H and O–H groups in total. The standard InChI is InChI=1S/C5H10O5/c6-1-2-3(7)4(8)5(9)10-2/h2-9H,1H2/t2-,3+,4?,5?/m1/s1. The Morgan fingerprint density at radius 1 is 1.10 bits per heavy atom. The normalized spacial score (nSPS) is 48.0. The van der Waals surface area contributed by atoms with E-state index in [4.69, 9.17) is 20.4 Å². The summed E-state index contributed by atoms with van der Waals surface area (Å²) in [6.07, 6.45) is -4.76. The van der Waals surface area contributed by atoms with Crippen LogP contribution in [0.2, 0.25) is 0 Å². The van der Waals surface area contributed by atoms with E-state index in [9.17, 15) is 0 Å². The maximum atomic E-state index is 8.93. The molecule has 1 aliphatic rings. The molecule has 0 aromatic heterocycles. The predicted molar refractivity (Wildman–Crippen MR) is 30.0 cm³/mol. The summed E-state index contributed by atoms with van der Waals surface area (Å²) in [7, 11) is 0. The van der Waals surface area contributed by atoms with Gasteiger partial charge in [-0.2, -0.15) is 0 Å². The lowest BCUT2D eigenvalue weighted by atomic mass is 10.1. The molecule has 1 aliphatic heterocycles. The fourth-order valence-corrected chi connectivity index (χ4v) is 0.880. The maximum absolute atomic E-state index is 8.93. The molecule has 1 rings (SSSR count). The monoisotopic (exact) mass is 150 g/mol. The van der Waals surface area contributed by atoms with Crippen LogP contribution in [0.1, 0.15) is 0 Å². The first-order chi connectivity index (χ1) is 4.66. The Hall–Kier alpha value is -0.200. The average molecular weight is 150 g/mol. The topological polar surface area (TPSA) is 90.2 Å². The largest absolute Gasteiger partial charge is 0.394 e. The van der Waals surface area contributed by atoms with Crippen molar-refractivity contribution in [1.29, 1.82) is 0 Å². The van der Waals surface area contributed by atoms with Crippen LogP contribution in [0.15, 0.2) is 0 Å². The first-order valence-electron chi connectivity index (χ1n) is 2.97. The van der Waals surface area contributed by atoms with E-state index in [0.717, 1.165) is 0 Å². The zero-order valence-electron chi connectivity index (χ0n) is 5.21. The van der Waals surface area contributed by atoms with Crippen molar-refractivity contribution in [2.24, 2.45) is 0 Å². The first kappa shape index (κ1) is 7.90. The van der Waals surface area contributed by atoms with Crippen LogP contribution in [0.25, 0.3) is 0 Å². The van der Waals surface area contributed by atoms with E-state index in [0.29, 0.717) is 0 Å². The Labute approximate surface area is 57.5 Å². The molecule has 10 heavy (non-hydrogen) atoms. The highest BCUT2D eigenvalue weighted by molar-refractivity contribution is 4.84. The molecule has 0 aliphatic carbocycles. The lowest BCUT2D eigenvalue weighted by Gasteiger charge is -2.09. The van der Waals surface area contributed by atoms with Crippen molar-refractivity contribution in [3.05, 3.63) is 0 Å². The van der Waals surface area contributed by atoms with Gasteiger partial charge in [0.25, 0.3) is 0 Å². The highest BCUT2D eigenvalue weighted by Gasteiger charge is 2.41. The minimum Gasteiger partial charge on any atom is -0.394 e. The zero-order valence-corrected chi connectivity index (χ0v) is 5.21. The molecular weight excluding hydrogens is 140 g/mol. The molecule has 0 aromatic rings. The van der Waals surface area contributed by atoms with Crippen LogP contribution in [0.3, 0.4) is 0 Å². The van der Waals surface area contributed by atoms with Crippen molar-refractivity contribution in [3.8, 4) is 0 Å².